The number of carbonyl (C=O) groups excluding carboxylic acids is 2. The number of aromatic nitrogens is 1. The second kappa shape index (κ2) is 14.5. The van der Waals surface area contributed by atoms with Crippen molar-refractivity contribution in [3.63, 3.8) is 0 Å². The van der Waals surface area contributed by atoms with Gasteiger partial charge in [-0.1, -0.05) is 26.0 Å². The number of esters is 1. The number of hydrogen-bond acceptors (Lipinski definition) is 9. The van der Waals surface area contributed by atoms with Crippen molar-refractivity contribution in [2.45, 2.75) is 69.6 Å². The van der Waals surface area contributed by atoms with Crippen LogP contribution in [0, 0.1) is 0 Å². The number of benzene rings is 1. The van der Waals surface area contributed by atoms with E-state index in [4.69, 9.17) is 18.9 Å². The van der Waals surface area contributed by atoms with Crippen molar-refractivity contribution in [2.24, 2.45) is 0 Å². The number of hydrogen-bond donors (Lipinski definition) is 1. The molecular formula is C30H44N2O6S2. The highest BCUT2D eigenvalue weighted by Crippen LogP contribution is 2.46. The quantitative estimate of drug-likeness (QED) is 0.154. The molecule has 1 N–H and O–H groups in total. The fourth-order valence-electron chi connectivity index (χ4n) is 5.18. The molecule has 0 saturated heterocycles. The Labute approximate surface area is 246 Å². The third-order valence-electron chi connectivity index (χ3n) is 6.76. The Morgan fingerprint density at radius 1 is 1.12 bits per heavy atom. The molecule has 2 aromatic rings. The molecule has 8 nitrogen and oxygen atoms in total. The monoisotopic (exact) mass is 592 g/mol. The van der Waals surface area contributed by atoms with Gasteiger partial charge >= 0.3 is 12.1 Å². The summed E-state index contributed by atoms with van der Waals surface area (Å²) in [5, 5.41) is 1.14. The lowest BCUT2D eigenvalue weighted by molar-refractivity contribution is -0.141. The summed E-state index contributed by atoms with van der Waals surface area (Å²) >= 11 is 3.32. The van der Waals surface area contributed by atoms with Crippen molar-refractivity contribution in [3.05, 3.63) is 41.6 Å². The van der Waals surface area contributed by atoms with Gasteiger partial charge in [-0.25, -0.2) is 9.59 Å². The van der Waals surface area contributed by atoms with E-state index in [0.717, 1.165) is 47.5 Å². The Morgan fingerprint density at radius 3 is 2.48 bits per heavy atom. The topological polar surface area (TPSA) is 90.1 Å². The van der Waals surface area contributed by atoms with E-state index < -0.39 is 15.8 Å². The number of H-pyrrole nitrogens is 1. The molecule has 1 atom stereocenters. The maximum Gasteiger partial charge on any atom is 0.509 e. The van der Waals surface area contributed by atoms with E-state index in [9.17, 15) is 9.59 Å². The van der Waals surface area contributed by atoms with Gasteiger partial charge in [0.1, 0.15) is 18.0 Å². The van der Waals surface area contributed by atoms with Crippen LogP contribution in [0.2, 0.25) is 0 Å². The molecule has 0 radical (unpaired) electrons. The lowest BCUT2D eigenvalue weighted by Gasteiger charge is -2.37. The van der Waals surface area contributed by atoms with Gasteiger partial charge in [-0.05, 0) is 75.3 Å². The Bertz CT molecular complexity index is 1170. The molecule has 0 unspecified atom stereocenters. The van der Waals surface area contributed by atoms with Crippen LogP contribution >= 0.6 is 23.5 Å². The van der Waals surface area contributed by atoms with Crippen LogP contribution in [0.5, 0.6) is 5.75 Å². The molecule has 0 aliphatic carbocycles. The SMILES string of the molecule is CCSC(CC[C@@H]1c2[nH]c3cccc(OC)c3c2CCN1C/C=C/COC(=O)OC(C)(C)C)(SCC)C(=O)OC. The van der Waals surface area contributed by atoms with Crippen molar-refractivity contribution in [2.75, 3.05) is 45.4 Å². The Morgan fingerprint density at radius 2 is 1.85 bits per heavy atom. The minimum absolute atomic E-state index is 0.0659. The highest BCUT2D eigenvalue weighted by Gasteiger charge is 2.42. The van der Waals surface area contributed by atoms with Crippen LogP contribution in [-0.4, -0.2) is 77.1 Å². The molecule has 0 bridgehead atoms. The van der Waals surface area contributed by atoms with Gasteiger partial charge < -0.3 is 23.9 Å². The van der Waals surface area contributed by atoms with Crippen molar-refractivity contribution in [1.29, 1.82) is 0 Å². The molecule has 0 amide bonds. The molecule has 1 aliphatic rings. The van der Waals surface area contributed by atoms with Crippen LogP contribution < -0.4 is 4.74 Å². The molecular weight excluding hydrogens is 548 g/mol. The van der Waals surface area contributed by atoms with Crippen LogP contribution in [0.4, 0.5) is 4.79 Å². The zero-order chi connectivity index (χ0) is 29.3. The average Bonchev–Trinajstić information content (AvgIpc) is 3.29. The molecule has 0 fully saturated rings. The third-order valence-corrected chi connectivity index (χ3v) is 9.72. The van der Waals surface area contributed by atoms with Gasteiger partial charge in [-0.15, -0.1) is 23.5 Å². The predicted octanol–water partition coefficient (Wildman–Crippen LogP) is 6.74. The van der Waals surface area contributed by atoms with E-state index in [2.05, 4.69) is 29.8 Å². The summed E-state index contributed by atoms with van der Waals surface area (Å²) in [5.41, 5.74) is 2.92. The van der Waals surface area contributed by atoms with Crippen LogP contribution in [0.25, 0.3) is 10.9 Å². The first-order valence-corrected chi connectivity index (χ1v) is 15.8. The highest BCUT2D eigenvalue weighted by molar-refractivity contribution is 8.19. The second-order valence-electron chi connectivity index (χ2n) is 10.6. The Kier molecular flexibility index (Phi) is 11.7. The highest BCUT2D eigenvalue weighted by atomic mass is 32.2. The van der Waals surface area contributed by atoms with E-state index in [0.29, 0.717) is 13.0 Å². The minimum Gasteiger partial charge on any atom is -0.496 e. The summed E-state index contributed by atoms with van der Waals surface area (Å²) in [7, 11) is 3.18. The van der Waals surface area contributed by atoms with Crippen LogP contribution in [0.3, 0.4) is 0 Å². The number of fused-ring (bicyclic) bond motifs is 3. The van der Waals surface area contributed by atoms with Crippen molar-refractivity contribution in [1.82, 2.24) is 9.88 Å². The Balaban J connectivity index is 1.86. The van der Waals surface area contributed by atoms with Gasteiger partial charge in [0.2, 0.25) is 0 Å². The third kappa shape index (κ3) is 7.91. The van der Waals surface area contributed by atoms with Gasteiger partial charge in [-0.2, -0.15) is 0 Å². The molecule has 1 aliphatic heterocycles. The normalized spacial score (nSPS) is 16.2. The number of methoxy groups -OCH3 is 2. The minimum atomic E-state index is -0.675. The molecule has 10 heteroatoms. The van der Waals surface area contributed by atoms with Crippen LogP contribution in [0.1, 0.15) is 64.8 Å². The number of aromatic amines is 1. The fraction of sp³-hybridized carbons (Fsp3) is 0.600. The summed E-state index contributed by atoms with van der Waals surface area (Å²) in [5.74, 6) is 2.34. The summed E-state index contributed by atoms with van der Waals surface area (Å²) in [4.78, 5) is 31.0. The van der Waals surface area contributed by atoms with Crippen molar-refractivity contribution < 1.29 is 28.5 Å². The summed E-state index contributed by atoms with van der Waals surface area (Å²) in [6.45, 7) is 11.3. The Hall–Kier alpha value is -2.30. The van der Waals surface area contributed by atoms with E-state index in [1.165, 1.54) is 18.4 Å². The zero-order valence-corrected chi connectivity index (χ0v) is 26.5. The summed E-state index contributed by atoms with van der Waals surface area (Å²) in [6, 6.07) is 6.16. The maximum absolute atomic E-state index is 13.1. The lowest BCUT2D eigenvalue weighted by Crippen LogP contribution is -2.39. The maximum atomic E-state index is 13.1. The number of carbonyl (C=O) groups is 2. The van der Waals surface area contributed by atoms with E-state index in [-0.39, 0.29) is 18.6 Å². The lowest BCUT2D eigenvalue weighted by atomic mass is 9.93. The first kappa shape index (κ1) is 32.2. The predicted molar refractivity (Wildman–Crippen MR) is 164 cm³/mol. The van der Waals surface area contributed by atoms with Crippen molar-refractivity contribution >= 4 is 46.6 Å². The number of rotatable bonds is 13. The first-order chi connectivity index (χ1) is 19.1. The second-order valence-corrected chi connectivity index (χ2v) is 13.9. The number of ether oxygens (including phenoxy) is 4. The molecule has 3 rings (SSSR count). The van der Waals surface area contributed by atoms with Crippen molar-refractivity contribution in [3.8, 4) is 5.75 Å². The number of nitrogens with zero attached hydrogens (tertiary/aromatic N) is 1. The summed E-state index contributed by atoms with van der Waals surface area (Å²) in [6.07, 6.45) is 5.54. The zero-order valence-electron chi connectivity index (χ0n) is 24.8. The molecule has 0 spiro atoms. The average molecular weight is 593 g/mol. The largest absolute Gasteiger partial charge is 0.509 e. The van der Waals surface area contributed by atoms with E-state index in [1.807, 2.05) is 24.3 Å². The molecule has 1 aromatic carbocycles. The van der Waals surface area contributed by atoms with Gasteiger partial charge in [0.05, 0.1) is 20.3 Å². The van der Waals surface area contributed by atoms with E-state index in [1.54, 1.807) is 51.4 Å². The fourth-order valence-corrected chi connectivity index (χ4v) is 8.08. The van der Waals surface area contributed by atoms with Crippen LogP contribution in [-0.2, 0) is 25.4 Å². The van der Waals surface area contributed by atoms with Gasteiger partial charge in [0.15, 0.2) is 4.08 Å². The van der Waals surface area contributed by atoms with Gasteiger partial charge in [0, 0.05) is 29.7 Å². The van der Waals surface area contributed by atoms with Gasteiger partial charge in [-0.3, -0.25) is 4.90 Å². The summed E-state index contributed by atoms with van der Waals surface area (Å²) < 4.78 is 20.8. The smallest absolute Gasteiger partial charge is 0.496 e. The molecule has 40 heavy (non-hydrogen) atoms. The number of thioether (sulfide) groups is 2. The van der Waals surface area contributed by atoms with Crippen LogP contribution in [0.15, 0.2) is 30.4 Å². The molecule has 222 valence electrons. The van der Waals surface area contributed by atoms with Gasteiger partial charge in [0.25, 0.3) is 0 Å². The van der Waals surface area contributed by atoms with E-state index >= 15 is 0 Å². The standard InChI is InChI=1S/C30H44N2O6S2/c1-8-39-30(40-9-2,27(33)36-7)17-15-23-26-21(25-22(31-26)13-12-14-24(25)35-6)16-19-32(23)18-10-11-20-37-28(34)38-29(3,4)5/h10-14,23,31H,8-9,15-20H2,1-7H3/b11-10+/t23-/m1/s1. The number of nitrogens with one attached hydrogen (secondary N) is 1. The molecule has 2 heterocycles. The molecule has 1 aromatic heterocycles. The molecule has 0 saturated carbocycles. The first-order valence-electron chi connectivity index (χ1n) is 13.9.